The number of nitrogens with two attached hydrogens (primary N) is 1. The first-order valence-corrected chi connectivity index (χ1v) is 7.13. The standard InChI is InChI=1S/C18H23NO2/c1-12(2)13-5-7-14(8-6-13)18(19)15-9-16(20-3)11-17(10-15)21-4/h5-12,18H,19H2,1-4H3. The van der Waals surface area contributed by atoms with Crippen LogP contribution in [0.25, 0.3) is 0 Å². The number of hydrogen-bond donors (Lipinski definition) is 1. The zero-order valence-electron chi connectivity index (χ0n) is 13.1. The van der Waals surface area contributed by atoms with E-state index in [2.05, 4.69) is 38.1 Å². The molecular weight excluding hydrogens is 262 g/mol. The Bertz CT molecular complexity index is 568. The summed E-state index contributed by atoms with van der Waals surface area (Å²) >= 11 is 0. The predicted molar refractivity (Wildman–Crippen MR) is 86.1 cm³/mol. The maximum absolute atomic E-state index is 6.38. The van der Waals surface area contributed by atoms with Crippen molar-refractivity contribution >= 4 is 0 Å². The van der Waals surface area contributed by atoms with Crippen LogP contribution in [-0.2, 0) is 0 Å². The monoisotopic (exact) mass is 285 g/mol. The van der Waals surface area contributed by atoms with Gasteiger partial charge in [-0.2, -0.15) is 0 Å². The second kappa shape index (κ2) is 6.64. The highest BCUT2D eigenvalue weighted by atomic mass is 16.5. The Kier molecular flexibility index (Phi) is 4.86. The molecule has 1 atom stereocenters. The molecular formula is C18H23NO2. The van der Waals surface area contributed by atoms with Gasteiger partial charge < -0.3 is 15.2 Å². The summed E-state index contributed by atoms with van der Waals surface area (Å²) in [6.45, 7) is 4.36. The van der Waals surface area contributed by atoms with E-state index >= 15 is 0 Å². The minimum Gasteiger partial charge on any atom is -0.497 e. The molecule has 2 N–H and O–H groups in total. The van der Waals surface area contributed by atoms with E-state index in [-0.39, 0.29) is 6.04 Å². The van der Waals surface area contributed by atoms with Gasteiger partial charge in [0.25, 0.3) is 0 Å². The molecule has 21 heavy (non-hydrogen) atoms. The molecule has 2 aromatic carbocycles. The number of methoxy groups -OCH3 is 2. The largest absolute Gasteiger partial charge is 0.497 e. The maximum Gasteiger partial charge on any atom is 0.122 e. The van der Waals surface area contributed by atoms with Gasteiger partial charge in [0, 0.05) is 6.07 Å². The molecule has 1 unspecified atom stereocenters. The summed E-state index contributed by atoms with van der Waals surface area (Å²) in [6, 6.07) is 14.0. The molecule has 0 aliphatic heterocycles. The van der Waals surface area contributed by atoms with E-state index in [1.165, 1.54) is 5.56 Å². The minimum absolute atomic E-state index is 0.199. The Morgan fingerprint density at radius 3 is 1.67 bits per heavy atom. The summed E-state index contributed by atoms with van der Waals surface area (Å²) in [5, 5.41) is 0. The summed E-state index contributed by atoms with van der Waals surface area (Å²) in [4.78, 5) is 0. The Morgan fingerprint density at radius 1 is 0.762 bits per heavy atom. The van der Waals surface area contributed by atoms with Crippen molar-refractivity contribution in [2.45, 2.75) is 25.8 Å². The highest BCUT2D eigenvalue weighted by molar-refractivity contribution is 5.43. The molecule has 2 rings (SSSR count). The summed E-state index contributed by atoms with van der Waals surface area (Å²) in [5.41, 5.74) is 9.75. The lowest BCUT2D eigenvalue weighted by Gasteiger charge is -2.16. The fourth-order valence-corrected chi connectivity index (χ4v) is 2.29. The molecule has 3 heteroatoms. The molecule has 0 bridgehead atoms. The highest BCUT2D eigenvalue weighted by Crippen LogP contribution is 2.29. The molecule has 0 aliphatic carbocycles. The van der Waals surface area contributed by atoms with Crippen LogP contribution in [0.15, 0.2) is 42.5 Å². The molecule has 0 aromatic heterocycles. The van der Waals surface area contributed by atoms with E-state index in [0.29, 0.717) is 5.92 Å². The van der Waals surface area contributed by atoms with Crippen LogP contribution in [0.3, 0.4) is 0 Å². The average Bonchev–Trinajstić information content (AvgIpc) is 2.53. The number of rotatable bonds is 5. The summed E-state index contributed by atoms with van der Waals surface area (Å²) < 4.78 is 10.6. The number of hydrogen-bond acceptors (Lipinski definition) is 3. The number of benzene rings is 2. The van der Waals surface area contributed by atoms with Gasteiger partial charge in [-0.05, 0) is 34.7 Å². The van der Waals surface area contributed by atoms with Gasteiger partial charge >= 0.3 is 0 Å². The van der Waals surface area contributed by atoms with Gasteiger partial charge in [-0.1, -0.05) is 38.1 Å². The van der Waals surface area contributed by atoms with E-state index in [9.17, 15) is 0 Å². The lowest BCUT2D eigenvalue weighted by Crippen LogP contribution is -2.12. The van der Waals surface area contributed by atoms with Gasteiger partial charge in [-0.3, -0.25) is 0 Å². The van der Waals surface area contributed by atoms with Crippen molar-refractivity contribution in [3.05, 3.63) is 59.2 Å². The van der Waals surface area contributed by atoms with Crippen molar-refractivity contribution < 1.29 is 9.47 Å². The molecule has 0 saturated heterocycles. The predicted octanol–water partition coefficient (Wildman–Crippen LogP) is 3.88. The molecule has 0 radical (unpaired) electrons. The molecule has 0 heterocycles. The van der Waals surface area contributed by atoms with Gasteiger partial charge in [-0.15, -0.1) is 0 Å². The smallest absolute Gasteiger partial charge is 0.122 e. The second-order valence-corrected chi connectivity index (χ2v) is 5.45. The highest BCUT2D eigenvalue weighted by Gasteiger charge is 2.12. The Morgan fingerprint density at radius 2 is 1.24 bits per heavy atom. The van der Waals surface area contributed by atoms with E-state index in [1.807, 2.05) is 18.2 Å². The van der Waals surface area contributed by atoms with Crippen LogP contribution >= 0.6 is 0 Å². The SMILES string of the molecule is COc1cc(OC)cc(C(N)c2ccc(C(C)C)cc2)c1. The van der Waals surface area contributed by atoms with Gasteiger partial charge in [0.15, 0.2) is 0 Å². The first-order valence-electron chi connectivity index (χ1n) is 7.13. The van der Waals surface area contributed by atoms with Crippen LogP contribution < -0.4 is 15.2 Å². The molecule has 2 aromatic rings. The summed E-state index contributed by atoms with van der Waals surface area (Å²) in [6.07, 6.45) is 0. The van der Waals surface area contributed by atoms with E-state index < -0.39 is 0 Å². The normalized spacial score (nSPS) is 12.3. The van der Waals surface area contributed by atoms with Gasteiger partial charge in [-0.25, -0.2) is 0 Å². The lowest BCUT2D eigenvalue weighted by atomic mass is 9.95. The molecule has 0 amide bonds. The quantitative estimate of drug-likeness (QED) is 0.906. The van der Waals surface area contributed by atoms with Crippen LogP contribution in [-0.4, -0.2) is 14.2 Å². The van der Waals surface area contributed by atoms with Gasteiger partial charge in [0.1, 0.15) is 11.5 Å². The molecule has 3 nitrogen and oxygen atoms in total. The van der Waals surface area contributed by atoms with Crippen molar-refractivity contribution in [3.8, 4) is 11.5 Å². The van der Waals surface area contributed by atoms with Crippen molar-refractivity contribution in [1.82, 2.24) is 0 Å². The summed E-state index contributed by atoms with van der Waals surface area (Å²) in [5.74, 6) is 2.02. The number of ether oxygens (including phenoxy) is 2. The third kappa shape index (κ3) is 3.56. The van der Waals surface area contributed by atoms with Gasteiger partial charge in [0.2, 0.25) is 0 Å². The molecule has 0 fully saturated rings. The van der Waals surface area contributed by atoms with Crippen molar-refractivity contribution in [3.63, 3.8) is 0 Å². The third-order valence-corrected chi connectivity index (χ3v) is 3.70. The van der Waals surface area contributed by atoms with Crippen molar-refractivity contribution in [1.29, 1.82) is 0 Å². The first kappa shape index (κ1) is 15.4. The summed E-state index contributed by atoms with van der Waals surface area (Å²) in [7, 11) is 3.28. The van der Waals surface area contributed by atoms with Crippen molar-refractivity contribution in [2.75, 3.05) is 14.2 Å². The van der Waals surface area contributed by atoms with Crippen LogP contribution in [0, 0.1) is 0 Å². The maximum atomic E-state index is 6.38. The zero-order chi connectivity index (χ0) is 15.4. The molecule has 0 saturated carbocycles. The lowest BCUT2D eigenvalue weighted by molar-refractivity contribution is 0.393. The third-order valence-electron chi connectivity index (χ3n) is 3.70. The molecule has 112 valence electrons. The van der Waals surface area contributed by atoms with Crippen molar-refractivity contribution in [2.24, 2.45) is 5.73 Å². The van der Waals surface area contributed by atoms with Crippen LogP contribution in [0.2, 0.25) is 0 Å². The minimum atomic E-state index is -0.199. The zero-order valence-corrected chi connectivity index (χ0v) is 13.1. The van der Waals surface area contributed by atoms with Crippen LogP contribution in [0.1, 0.15) is 42.5 Å². The van der Waals surface area contributed by atoms with E-state index in [4.69, 9.17) is 15.2 Å². The average molecular weight is 285 g/mol. The van der Waals surface area contributed by atoms with Crippen LogP contribution in [0.4, 0.5) is 0 Å². The van der Waals surface area contributed by atoms with E-state index in [0.717, 1.165) is 22.6 Å². The topological polar surface area (TPSA) is 44.5 Å². The fourth-order valence-electron chi connectivity index (χ4n) is 2.29. The van der Waals surface area contributed by atoms with Crippen LogP contribution in [0.5, 0.6) is 11.5 Å². The molecule has 0 spiro atoms. The fraction of sp³-hybridized carbons (Fsp3) is 0.333. The molecule has 0 aliphatic rings. The Balaban J connectivity index is 2.32. The Hall–Kier alpha value is -2.00. The van der Waals surface area contributed by atoms with Gasteiger partial charge in [0.05, 0.1) is 20.3 Å². The Labute approximate surface area is 126 Å². The van der Waals surface area contributed by atoms with E-state index in [1.54, 1.807) is 14.2 Å². The second-order valence-electron chi connectivity index (χ2n) is 5.45. The first-order chi connectivity index (χ1) is 10.0.